The topological polar surface area (TPSA) is 87.8 Å². The number of aromatic nitrogens is 4. The average Bonchev–Trinajstić information content (AvgIpc) is 2.98. The van der Waals surface area contributed by atoms with E-state index in [0.29, 0.717) is 24.0 Å². The summed E-state index contributed by atoms with van der Waals surface area (Å²) in [4.78, 5) is 8.74. The van der Waals surface area contributed by atoms with E-state index in [4.69, 9.17) is 4.74 Å². The third kappa shape index (κ3) is 2.58. The van der Waals surface area contributed by atoms with Crippen molar-refractivity contribution in [1.82, 2.24) is 20.2 Å². The number of para-hydroxylation sites is 2. The van der Waals surface area contributed by atoms with Crippen LogP contribution in [0, 0.1) is 0 Å². The number of hydrogen-bond acceptors (Lipinski definition) is 6. The highest BCUT2D eigenvalue weighted by Gasteiger charge is 2.11. The van der Waals surface area contributed by atoms with E-state index in [1.165, 1.54) is 0 Å². The predicted molar refractivity (Wildman–Crippen MR) is 82.1 cm³/mol. The van der Waals surface area contributed by atoms with E-state index in [9.17, 15) is 0 Å². The second-order valence-electron chi connectivity index (χ2n) is 4.33. The van der Waals surface area contributed by atoms with Gasteiger partial charge in [0, 0.05) is 7.05 Å². The van der Waals surface area contributed by atoms with Crippen LogP contribution in [0.3, 0.4) is 0 Å². The first-order valence-corrected chi connectivity index (χ1v) is 6.69. The van der Waals surface area contributed by atoms with Gasteiger partial charge in [-0.15, -0.1) is 0 Å². The summed E-state index contributed by atoms with van der Waals surface area (Å²) < 4.78 is 5.61. The smallest absolute Gasteiger partial charge is 0.226 e. The summed E-state index contributed by atoms with van der Waals surface area (Å²) in [5.41, 5.74) is 1.52. The second-order valence-corrected chi connectivity index (χ2v) is 4.33. The number of anilines is 3. The van der Waals surface area contributed by atoms with Gasteiger partial charge in [0.05, 0.1) is 23.9 Å². The molecule has 2 aromatic heterocycles. The molecule has 0 aliphatic heterocycles. The lowest BCUT2D eigenvalue weighted by Crippen LogP contribution is -2.03. The first-order valence-electron chi connectivity index (χ1n) is 6.69. The molecule has 3 aromatic rings. The molecule has 0 amide bonds. The quantitative estimate of drug-likeness (QED) is 0.667. The highest BCUT2D eigenvalue weighted by molar-refractivity contribution is 5.89. The van der Waals surface area contributed by atoms with Crippen LogP contribution in [0.2, 0.25) is 0 Å². The van der Waals surface area contributed by atoms with Crippen LogP contribution < -0.4 is 15.4 Å². The average molecular weight is 284 g/mol. The number of nitrogens with one attached hydrogen (secondary N) is 3. The highest BCUT2D eigenvalue weighted by Crippen LogP contribution is 2.29. The molecular weight excluding hydrogens is 268 g/mol. The van der Waals surface area contributed by atoms with Gasteiger partial charge in [0.1, 0.15) is 11.6 Å². The maximum Gasteiger partial charge on any atom is 0.226 e. The van der Waals surface area contributed by atoms with Gasteiger partial charge in [-0.25, -0.2) is 0 Å². The largest absolute Gasteiger partial charge is 0.492 e. The first kappa shape index (κ1) is 13.2. The summed E-state index contributed by atoms with van der Waals surface area (Å²) in [5, 5.41) is 13.9. The van der Waals surface area contributed by atoms with Crippen molar-refractivity contribution in [2.45, 2.75) is 6.92 Å². The molecule has 0 aliphatic carbocycles. The van der Waals surface area contributed by atoms with Crippen LogP contribution in [-0.4, -0.2) is 33.8 Å². The Morgan fingerprint density at radius 2 is 2.10 bits per heavy atom. The zero-order chi connectivity index (χ0) is 14.7. The van der Waals surface area contributed by atoms with Crippen molar-refractivity contribution in [3.63, 3.8) is 0 Å². The Morgan fingerprint density at radius 3 is 2.90 bits per heavy atom. The number of fused-ring (bicyclic) bond motifs is 1. The summed E-state index contributed by atoms with van der Waals surface area (Å²) in [7, 11) is 1.77. The number of benzene rings is 1. The van der Waals surface area contributed by atoms with Crippen LogP contribution >= 0.6 is 0 Å². The van der Waals surface area contributed by atoms with Crippen molar-refractivity contribution in [2.75, 3.05) is 24.3 Å². The molecule has 7 heteroatoms. The van der Waals surface area contributed by atoms with E-state index < -0.39 is 0 Å². The Bertz CT molecular complexity index is 754. The van der Waals surface area contributed by atoms with E-state index in [0.717, 1.165) is 16.8 Å². The van der Waals surface area contributed by atoms with Crippen LogP contribution in [0.5, 0.6) is 5.75 Å². The maximum absolute atomic E-state index is 5.61. The molecule has 3 N–H and O–H groups in total. The zero-order valence-electron chi connectivity index (χ0n) is 11.8. The molecule has 0 spiro atoms. The molecule has 0 fully saturated rings. The molecule has 0 unspecified atom stereocenters. The zero-order valence-corrected chi connectivity index (χ0v) is 11.8. The minimum Gasteiger partial charge on any atom is -0.492 e. The second kappa shape index (κ2) is 5.66. The van der Waals surface area contributed by atoms with E-state index >= 15 is 0 Å². The van der Waals surface area contributed by atoms with Gasteiger partial charge in [-0.3, -0.25) is 5.10 Å². The molecule has 21 heavy (non-hydrogen) atoms. The number of rotatable bonds is 5. The summed E-state index contributed by atoms with van der Waals surface area (Å²) in [6.45, 7) is 2.56. The van der Waals surface area contributed by atoms with Gasteiger partial charge in [0.2, 0.25) is 5.95 Å². The fourth-order valence-corrected chi connectivity index (χ4v) is 2.02. The van der Waals surface area contributed by atoms with Gasteiger partial charge in [-0.1, -0.05) is 12.1 Å². The standard InChI is InChI=1S/C14H16N6O/c1-3-21-11-7-5-4-6-10(11)17-12-9-8-16-20-13(9)19-14(15-2)18-12/h4-8H,3H2,1-2H3,(H3,15,16,17,18,19,20). The molecule has 1 aromatic carbocycles. The molecule has 0 saturated carbocycles. The van der Waals surface area contributed by atoms with Crippen LogP contribution in [-0.2, 0) is 0 Å². The monoisotopic (exact) mass is 284 g/mol. The van der Waals surface area contributed by atoms with Crippen LogP contribution in [0.25, 0.3) is 11.0 Å². The molecule has 0 aliphatic rings. The third-order valence-electron chi connectivity index (χ3n) is 2.97. The fraction of sp³-hybridized carbons (Fsp3) is 0.214. The lowest BCUT2D eigenvalue weighted by molar-refractivity contribution is 0.342. The Balaban J connectivity index is 2.03. The summed E-state index contributed by atoms with van der Waals surface area (Å²) >= 11 is 0. The lowest BCUT2D eigenvalue weighted by Gasteiger charge is -2.12. The van der Waals surface area contributed by atoms with E-state index in [1.807, 2.05) is 31.2 Å². The highest BCUT2D eigenvalue weighted by atomic mass is 16.5. The van der Waals surface area contributed by atoms with Gasteiger partial charge < -0.3 is 15.4 Å². The number of hydrogen-bond donors (Lipinski definition) is 3. The van der Waals surface area contributed by atoms with Crippen molar-refractivity contribution < 1.29 is 4.74 Å². The molecule has 7 nitrogen and oxygen atoms in total. The molecule has 0 atom stereocenters. The normalized spacial score (nSPS) is 10.6. The molecule has 3 rings (SSSR count). The van der Waals surface area contributed by atoms with Crippen LogP contribution in [0.1, 0.15) is 6.92 Å². The van der Waals surface area contributed by atoms with E-state index in [2.05, 4.69) is 30.8 Å². The fourth-order valence-electron chi connectivity index (χ4n) is 2.02. The van der Waals surface area contributed by atoms with Crippen molar-refractivity contribution in [3.8, 4) is 5.75 Å². The van der Waals surface area contributed by atoms with Crippen molar-refractivity contribution in [2.24, 2.45) is 0 Å². The summed E-state index contributed by atoms with van der Waals surface area (Å²) in [6.07, 6.45) is 1.69. The minimum atomic E-state index is 0.517. The number of aromatic amines is 1. The maximum atomic E-state index is 5.61. The summed E-state index contributed by atoms with van der Waals surface area (Å²) in [6, 6.07) is 7.73. The number of H-pyrrole nitrogens is 1. The van der Waals surface area contributed by atoms with Gasteiger partial charge in [-0.2, -0.15) is 15.1 Å². The van der Waals surface area contributed by atoms with E-state index in [-0.39, 0.29) is 0 Å². The number of nitrogens with zero attached hydrogens (tertiary/aromatic N) is 3. The Kier molecular flexibility index (Phi) is 3.55. The molecule has 2 heterocycles. The minimum absolute atomic E-state index is 0.517. The SMILES string of the molecule is CCOc1ccccc1Nc1nc(NC)nc2[nH]ncc12. The molecule has 108 valence electrons. The van der Waals surface area contributed by atoms with Gasteiger partial charge in [-0.05, 0) is 19.1 Å². The van der Waals surface area contributed by atoms with Crippen LogP contribution in [0.4, 0.5) is 17.5 Å². The first-order chi connectivity index (χ1) is 10.3. The predicted octanol–water partition coefficient (Wildman–Crippen LogP) is 2.54. The van der Waals surface area contributed by atoms with Crippen molar-refractivity contribution >= 4 is 28.5 Å². The Morgan fingerprint density at radius 1 is 1.24 bits per heavy atom. The van der Waals surface area contributed by atoms with E-state index in [1.54, 1.807) is 13.2 Å². The number of ether oxygens (including phenoxy) is 1. The van der Waals surface area contributed by atoms with Crippen LogP contribution in [0.15, 0.2) is 30.5 Å². The Hall–Kier alpha value is -2.83. The molecular formula is C14H16N6O. The summed E-state index contributed by atoms with van der Waals surface area (Å²) in [5.74, 6) is 1.97. The lowest BCUT2D eigenvalue weighted by atomic mass is 10.3. The van der Waals surface area contributed by atoms with Gasteiger partial charge in [0.25, 0.3) is 0 Å². The molecule has 0 radical (unpaired) electrons. The van der Waals surface area contributed by atoms with Crippen molar-refractivity contribution in [1.29, 1.82) is 0 Å². The van der Waals surface area contributed by atoms with Crippen molar-refractivity contribution in [3.05, 3.63) is 30.5 Å². The molecule has 0 bridgehead atoms. The van der Waals surface area contributed by atoms with Gasteiger partial charge in [0.15, 0.2) is 5.65 Å². The van der Waals surface area contributed by atoms with Gasteiger partial charge >= 0.3 is 0 Å². The third-order valence-corrected chi connectivity index (χ3v) is 2.97. The Labute approximate surface area is 121 Å². The molecule has 0 saturated heterocycles.